The van der Waals surface area contributed by atoms with E-state index in [2.05, 4.69) is 4.99 Å². The molecule has 2 aliphatic carbocycles. The van der Waals surface area contributed by atoms with E-state index < -0.39 is 5.60 Å². The summed E-state index contributed by atoms with van der Waals surface area (Å²) in [5.74, 6) is 1.18. The van der Waals surface area contributed by atoms with E-state index in [4.69, 9.17) is 0 Å². The Morgan fingerprint density at radius 3 is 2.61 bits per heavy atom. The maximum absolute atomic E-state index is 11.1. The van der Waals surface area contributed by atoms with Gasteiger partial charge in [-0.1, -0.05) is 30.3 Å². The quantitative estimate of drug-likeness (QED) is 0.831. The first-order chi connectivity index (χ1) is 8.24. The highest BCUT2D eigenvalue weighted by Crippen LogP contribution is 2.48. The molecule has 2 fully saturated rings. The first-order valence-corrected chi connectivity index (χ1v) is 6.49. The lowest BCUT2D eigenvalue weighted by Gasteiger charge is -2.38. The minimum absolute atomic E-state index is 0. The molecular formula is C15H20ClNO. The van der Waals surface area contributed by atoms with Crippen LogP contribution in [0.15, 0.2) is 35.3 Å². The normalized spacial score (nSPS) is 36.4. The van der Waals surface area contributed by atoms with Gasteiger partial charge in [0.05, 0.1) is 5.71 Å². The third-order valence-electron chi connectivity index (χ3n) is 4.43. The first-order valence-electron chi connectivity index (χ1n) is 6.49. The van der Waals surface area contributed by atoms with E-state index in [0.717, 1.165) is 17.7 Å². The molecule has 0 radical (unpaired) electrons. The van der Waals surface area contributed by atoms with Gasteiger partial charge in [-0.3, -0.25) is 4.99 Å². The molecule has 1 aromatic rings. The van der Waals surface area contributed by atoms with Crippen molar-refractivity contribution in [2.24, 2.45) is 16.8 Å². The van der Waals surface area contributed by atoms with Gasteiger partial charge in [0, 0.05) is 13.0 Å². The molecule has 98 valence electrons. The van der Waals surface area contributed by atoms with Crippen LogP contribution in [0.3, 0.4) is 0 Å². The highest BCUT2D eigenvalue weighted by Gasteiger charge is 2.48. The third-order valence-corrected chi connectivity index (χ3v) is 4.43. The number of aliphatic hydroxyl groups is 1. The zero-order valence-electron chi connectivity index (χ0n) is 10.7. The van der Waals surface area contributed by atoms with Crippen molar-refractivity contribution in [1.29, 1.82) is 0 Å². The van der Waals surface area contributed by atoms with E-state index in [1.807, 2.05) is 37.4 Å². The van der Waals surface area contributed by atoms with E-state index in [1.54, 1.807) is 0 Å². The number of halogens is 1. The second-order valence-electron chi connectivity index (χ2n) is 5.42. The van der Waals surface area contributed by atoms with E-state index in [0.29, 0.717) is 11.8 Å². The summed E-state index contributed by atoms with van der Waals surface area (Å²) in [7, 11) is 1.82. The molecule has 1 N–H and O–H groups in total. The van der Waals surface area contributed by atoms with Crippen LogP contribution >= 0.6 is 12.4 Å². The van der Waals surface area contributed by atoms with Crippen LogP contribution in [0.25, 0.3) is 0 Å². The fourth-order valence-corrected chi connectivity index (χ4v) is 3.72. The van der Waals surface area contributed by atoms with Crippen LogP contribution in [0.1, 0.15) is 31.2 Å². The van der Waals surface area contributed by atoms with Crippen molar-refractivity contribution in [2.45, 2.75) is 31.3 Å². The highest BCUT2D eigenvalue weighted by molar-refractivity contribution is 5.96. The summed E-state index contributed by atoms with van der Waals surface area (Å²) in [5, 5.41) is 11.1. The number of benzene rings is 1. The molecule has 3 atom stereocenters. The Morgan fingerprint density at radius 1 is 1.22 bits per heavy atom. The highest BCUT2D eigenvalue weighted by atomic mass is 35.5. The number of hydrogen-bond acceptors (Lipinski definition) is 2. The fraction of sp³-hybridized carbons (Fsp3) is 0.533. The van der Waals surface area contributed by atoms with Gasteiger partial charge in [-0.25, -0.2) is 0 Å². The molecule has 2 nitrogen and oxygen atoms in total. The molecule has 2 saturated carbocycles. The van der Waals surface area contributed by atoms with Gasteiger partial charge in [-0.2, -0.15) is 0 Å². The molecule has 1 aromatic carbocycles. The van der Waals surface area contributed by atoms with Gasteiger partial charge in [-0.15, -0.1) is 12.4 Å². The van der Waals surface area contributed by atoms with E-state index in [-0.39, 0.29) is 12.4 Å². The van der Waals surface area contributed by atoms with Gasteiger partial charge in [0.2, 0.25) is 0 Å². The third kappa shape index (κ3) is 1.98. The van der Waals surface area contributed by atoms with Gasteiger partial charge in [0.25, 0.3) is 0 Å². The second-order valence-corrected chi connectivity index (χ2v) is 5.42. The van der Waals surface area contributed by atoms with Crippen LogP contribution in [0, 0.1) is 11.8 Å². The Bertz CT molecular complexity index is 445. The summed E-state index contributed by atoms with van der Waals surface area (Å²) in [4.78, 5) is 4.42. The van der Waals surface area contributed by atoms with Gasteiger partial charge in [0.15, 0.2) is 0 Å². The van der Waals surface area contributed by atoms with E-state index >= 15 is 0 Å². The van der Waals surface area contributed by atoms with Gasteiger partial charge < -0.3 is 5.11 Å². The molecule has 2 bridgehead atoms. The van der Waals surface area contributed by atoms with E-state index in [1.165, 1.54) is 19.3 Å². The summed E-state index contributed by atoms with van der Waals surface area (Å²) >= 11 is 0. The van der Waals surface area contributed by atoms with Crippen LogP contribution in [-0.4, -0.2) is 17.9 Å². The van der Waals surface area contributed by atoms with Crippen LogP contribution in [0.4, 0.5) is 0 Å². The molecule has 3 rings (SSSR count). The maximum atomic E-state index is 11.1. The van der Waals surface area contributed by atoms with Crippen molar-refractivity contribution in [3.63, 3.8) is 0 Å². The molecule has 3 unspecified atom stereocenters. The summed E-state index contributed by atoms with van der Waals surface area (Å²) < 4.78 is 0. The average Bonchev–Trinajstić information content (AvgIpc) is 2.74. The predicted molar refractivity (Wildman–Crippen MR) is 76.4 cm³/mol. The fourth-order valence-electron chi connectivity index (χ4n) is 3.72. The lowest BCUT2D eigenvalue weighted by molar-refractivity contribution is 0.0678. The van der Waals surface area contributed by atoms with Crippen LogP contribution < -0.4 is 0 Å². The molecule has 0 aromatic heterocycles. The zero-order chi connectivity index (χ0) is 11.9. The molecule has 2 aliphatic rings. The van der Waals surface area contributed by atoms with Crippen molar-refractivity contribution in [3.8, 4) is 0 Å². The minimum Gasteiger partial charge on any atom is -0.379 e. The number of hydrogen-bond donors (Lipinski definition) is 1. The summed E-state index contributed by atoms with van der Waals surface area (Å²) in [6.45, 7) is 0. The first kappa shape index (κ1) is 13.6. The standard InChI is InChI=1S/C15H19NO.ClH/c1-16-14-12-8-7-11(9-12)10-15(14,17)13-5-3-2-4-6-13;/h2-6,11-12,17H,7-10H2,1H3;1H. The van der Waals surface area contributed by atoms with Gasteiger partial charge in [-0.05, 0) is 37.2 Å². The van der Waals surface area contributed by atoms with Crippen molar-refractivity contribution in [2.75, 3.05) is 7.05 Å². The van der Waals surface area contributed by atoms with Crippen LogP contribution in [-0.2, 0) is 5.60 Å². The number of fused-ring (bicyclic) bond motifs is 2. The molecule has 18 heavy (non-hydrogen) atoms. The minimum atomic E-state index is -0.805. The Morgan fingerprint density at radius 2 is 1.94 bits per heavy atom. The molecule has 3 heteroatoms. The van der Waals surface area contributed by atoms with Crippen molar-refractivity contribution < 1.29 is 5.11 Å². The van der Waals surface area contributed by atoms with Crippen LogP contribution in [0.2, 0.25) is 0 Å². The molecule has 0 saturated heterocycles. The maximum Gasteiger partial charge on any atom is 0.128 e. The lowest BCUT2D eigenvalue weighted by atomic mass is 9.72. The summed E-state index contributed by atoms with van der Waals surface area (Å²) in [6, 6.07) is 10.0. The second kappa shape index (κ2) is 5.02. The SMILES string of the molecule is CN=C1C2CCC(C2)CC1(O)c1ccccc1.Cl. The number of nitrogens with zero attached hydrogens (tertiary/aromatic N) is 1. The van der Waals surface area contributed by atoms with Crippen molar-refractivity contribution in [1.82, 2.24) is 0 Å². The monoisotopic (exact) mass is 265 g/mol. The Hall–Kier alpha value is -0.860. The summed E-state index contributed by atoms with van der Waals surface area (Å²) in [5.41, 5.74) is 1.22. The number of rotatable bonds is 1. The molecular weight excluding hydrogens is 246 g/mol. The largest absolute Gasteiger partial charge is 0.379 e. The Labute approximate surface area is 115 Å². The zero-order valence-corrected chi connectivity index (χ0v) is 11.5. The smallest absolute Gasteiger partial charge is 0.128 e. The molecule has 0 amide bonds. The van der Waals surface area contributed by atoms with Gasteiger partial charge >= 0.3 is 0 Å². The topological polar surface area (TPSA) is 32.6 Å². The van der Waals surface area contributed by atoms with Gasteiger partial charge in [0.1, 0.15) is 5.60 Å². The molecule has 0 heterocycles. The Balaban J connectivity index is 0.00000120. The number of aliphatic imine (C=N–C) groups is 1. The van der Waals surface area contributed by atoms with E-state index in [9.17, 15) is 5.11 Å². The van der Waals surface area contributed by atoms with Crippen LogP contribution in [0.5, 0.6) is 0 Å². The van der Waals surface area contributed by atoms with Crippen molar-refractivity contribution in [3.05, 3.63) is 35.9 Å². The average molecular weight is 266 g/mol. The lowest BCUT2D eigenvalue weighted by Crippen LogP contribution is -2.43. The predicted octanol–water partition coefficient (Wildman–Crippen LogP) is 3.19. The summed E-state index contributed by atoms with van der Waals surface area (Å²) in [6.07, 6.45) is 4.52. The Kier molecular flexibility index (Phi) is 3.79. The van der Waals surface area contributed by atoms with Crippen molar-refractivity contribution >= 4 is 18.1 Å². The molecule has 0 aliphatic heterocycles. The molecule has 0 spiro atoms.